The van der Waals surface area contributed by atoms with Crippen molar-refractivity contribution in [3.63, 3.8) is 0 Å². The van der Waals surface area contributed by atoms with E-state index in [4.69, 9.17) is 4.42 Å². The third-order valence-corrected chi connectivity index (χ3v) is 2.84. The summed E-state index contributed by atoms with van der Waals surface area (Å²) in [5.74, 6) is 1.51. The number of rotatable bonds is 4. The van der Waals surface area contributed by atoms with Gasteiger partial charge in [0.05, 0.1) is 6.54 Å². The van der Waals surface area contributed by atoms with Crippen LogP contribution in [0.1, 0.15) is 21.9 Å². The molecular weight excluding hydrogens is 240 g/mol. The van der Waals surface area contributed by atoms with Gasteiger partial charge in [-0.25, -0.2) is 0 Å². The van der Waals surface area contributed by atoms with Crippen molar-refractivity contribution in [3.8, 4) is 0 Å². The van der Waals surface area contributed by atoms with Crippen molar-refractivity contribution < 1.29 is 9.21 Å². The molecule has 2 rings (SSSR count). The zero-order chi connectivity index (χ0) is 13.8. The van der Waals surface area contributed by atoms with E-state index in [1.54, 1.807) is 6.07 Å². The molecule has 0 aliphatic heterocycles. The van der Waals surface area contributed by atoms with Crippen LogP contribution in [0.15, 0.2) is 40.8 Å². The molecule has 0 saturated heterocycles. The largest absolute Gasteiger partial charge is 0.465 e. The average molecular weight is 258 g/mol. The maximum Gasteiger partial charge on any atom is 0.251 e. The molecule has 2 aromatic rings. The van der Waals surface area contributed by atoms with Crippen molar-refractivity contribution in [2.45, 2.75) is 13.5 Å². The molecule has 100 valence electrons. The molecule has 1 aromatic carbocycles. The van der Waals surface area contributed by atoms with Gasteiger partial charge in [0.1, 0.15) is 11.5 Å². The van der Waals surface area contributed by atoms with Gasteiger partial charge in [0.15, 0.2) is 0 Å². The first-order valence-electron chi connectivity index (χ1n) is 6.17. The lowest BCUT2D eigenvalue weighted by atomic mass is 10.2. The minimum atomic E-state index is -0.0993. The molecule has 1 aromatic heterocycles. The van der Waals surface area contributed by atoms with Crippen LogP contribution in [0.3, 0.4) is 0 Å². The molecular formula is C15H18N2O2. The first-order chi connectivity index (χ1) is 9.06. The number of furan rings is 1. The third kappa shape index (κ3) is 3.37. The van der Waals surface area contributed by atoms with Crippen LogP contribution >= 0.6 is 0 Å². The highest BCUT2D eigenvalue weighted by molar-refractivity contribution is 5.95. The van der Waals surface area contributed by atoms with Crippen LogP contribution in [-0.2, 0) is 6.54 Å². The number of benzene rings is 1. The van der Waals surface area contributed by atoms with Crippen molar-refractivity contribution in [2.75, 3.05) is 19.0 Å². The molecule has 0 saturated carbocycles. The SMILES string of the molecule is Cc1ccc(CNC(=O)c2cccc(N(C)C)c2)o1. The third-order valence-electron chi connectivity index (χ3n) is 2.84. The summed E-state index contributed by atoms with van der Waals surface area (Å²) in [6, 6.07) is 11.3. The number of anilines is 1. The van der Waals surface area contributed by atoms with Gasteiger partial charge in [-0.2, -0.15) is 0 Å². The summed E-state index contributed by atoms with van der Waals surface area (Å²) in [5, 5.41) is 2.84. The maximum atomic E-state index is 12.0. The van der Waals surface area contributed by atoms with Gasteiger partial charge in [-0.1, -0.05) is 6.07 Å². The van der Waals surface area contributed by atoms with Crippen molar-refractivity contribution in [1.29, 1.82) is 0 Å². The fourth-order valence-electron chi connectivity index (χ4n) is 1.77. The predicted octanol–water partition coefficient (Wildman–Crippen LogP) is 2.58. The lowest BCUT2D eigenvalue weighted by molar-refractivity contribution is 0.0948. The van der Waals surface area contributed by atoms with E-state index < -0.39 is 0 Å². The topological polar surface area (TPSA) is 45.5 Å². The van der Waals surface area contributed by atoms with Crippen LogP contribution in [0.5, 0.6) is 0 Å². The van der Waals surface area contributed by atoms with E-state index in [0.29, 0.717) is 12.1 Å². The van der Waals surface area contributed by atoms with E-state index >= 15 is 0 Å². The van der Waals surface area contributed by atoms with Crippen LogP contribution in [0.2, 0.25) is 0 Å². The summed E-state index contributed by atoms with van der Waals surface area (Å²) < 4.78 is 5.41. The van der Waals surface area contributed by atoms with Gasteiger partial charge in [0.25, 0.3) is 5.91 Å². The number of aryl methyl sites for hydroxylation is 1. The highest BCUT2D eigenvalue weighted by Crippen LogP contribution is 2.13. The predicted molar refractivity (Wildman–Crippen MR) is 75.4 cm³/mol. The fraction of sp³-hybridized carbons (Fsp3) is 0.267. The van der Waals surface area contributed by atoms with Gasteiger partial charge in [-0.05, 0) is 37.3 Å². The Morgan fingerprint density at radius 2 is 2.05 bits per heavy atom. The van der Waals surface area contributed by atoms with Crippen LogP contribution in [0.25, 0.3) is 0 Å². The average Bonchev–Trinajstić information content (AvgIpc) is 2.82. The quantitative estimate of drug-likeness (QED) is 0.916. The van der Waals surface area contributed by atoms with Crippen molar-refractivity contribution in [1.82, 2.24) is 5.32 Å². The monoisotopic (exact) mass is 258 g/mol. The lowest BCUT2D eigenvalue weighted by Gasteiger charge is -2.13. The van der Waals surface area contributed by atoms with E-state index in [9.17, 15) is 4.79 Å². The number of nitrogens with zero attached hydrogens (tertiary/aromatic N) is 1. The molecule has 0 bridgehead atoms. The van der Waals surface area contributed by atoms with Crippen molar-refractivity contribution in [2.24, 2.45) is 0 Å². The molecule has 4 nitrogen and oxygen atoms in total. The van der Waals surface area contributed by atoms with Gasteiger partial charge >= 0.3 is 0 Å². The zero-order valence-corrected chi connectivity index (χ0v) is 11.4. The van der Waals surface area contributed by atoms with Gasteiger partial charge in [0.2, 0.25) is 0 Å². The molecule has 0 aliphatic rings. The number of carbonyl (C=O) groups excluding carboxylic acids is 1. The Bertz CT molecular complexity index is 573. The summed E-state index contributed by atoms with van der Waals surface area (Å²) in [4.78, 5) is 14.0. The molecule has 1 amide bonds. The number of carbonyl (C=O) groups is 1. The maximum absolute atomic E-state index is 12.0. The van der Waals surface area contributed by atoms with Crippen LogP contribution in [0, 0.1) is 6.92 Å². The first-order valence-corrected chi connectivity index (χ1v) is 6.17. The minimum Gasteiger partial charge on any atom is -0.465 e. The highest BCUT2D eigenvalue weighted by atomic mass is 16.3. The van der Waals surface area contributed by atoms with Gasteiger partial charge in [-0.3, -0.25) is 4.79 Å². The Kier molecular flexibility index (Phi) is 3.90. The Morgan fingerprint density at radius 1 is 1.26 bits per heavy atom. The Morgan fingerprint density at radius 3 is 2.68 bits per heavy atom. The van der Waals surface area contributed by atoms with Gasteiger partial charge < -0.3 is 14.6 Å². The summed E-state index contributed by atoms with van der Waals surface area (Å²) in [6.07, 6.45) is 0. The molecule has 1 N–H and O–H groups in total. The second kappa shape index (κ2) is 5.61. The molecule has 19 heavy (non-hydrogen) atoms. The van der Waals surface area contributed by atoms with Crippen LogP contribution in [-0.4, -0.2) is 20.0 Å². The molecule has 0 unspecified atom stereocenters. The van der Waals surface area contributed by atoms with Gasteiger partial charge in [-0.15, -0.1) is 0 Å². The normalized spacial score (nSPS) is 10.3. The standard InChI is InChI=1S/C15H18N2O2/c1-11-7-8-14(19-11)10-16-15(18)12-5-4-6-13(9-12)17(2)3/h4-9H,10H2,1-3H3,(H,16,18). The summed E-state index contributed by atoms with van der Waals surface area (Å²) in [7, 11) is 3.89. The first kappa shape index (κ1) is 13.2. The Labute approximate surface area is 113 Å². The molecule has 0 fully saturated rings. The van der Waals surface area contributed by atoms with E-state index in [1.165, 1.54) is 0 Å². The molecule has 0 aliphatic carbocycles. The number of amides is 1. The van der Waals surface area contributed by atoms with E-state index in [0.717, 1.165) is 17.2 Å². The summed E-state index contributed by atoms with van der Waals surface area (Å²) in [6.45, 7) is 2.28. The molecule has 0 radical (unpaired) electrons. The van der Waals surface area contributed by atoms with Crippen LogP contribution < -0.4 is 10.2 Å². The molecule has 4 heteroatoms. The molecule has 0 spiro atoms. The Hall–Kier alpha value is -2.23. The van der Waals surface area contributed by atoms with Crippen molar-refractivity contribution >= 4 is 11.6 Å². The highest BCUT2D eigenvalue weighted by Gasteiger charge is 2.07. The van der Waals surface area contributed by atoms with E-state index in [2.05, 4.69) is 5.32 Å². The summed E-state index contributed by atoms with van der Waals surface area (Å²) >= 11 is 0. The number of nitrogens with one attached hydrogen (secondary N) is 1. The van der Waals surface area contributed by atoms with E-state index in [1.807, 2.05) is 56.3 Å². The summed E-state index contributed by atoms with van der Waals surface area (Å²) in [5.41, 5.74) is 1.65. The molecule has 0 atom stereocenters. The smallest absolute Gasteiger partial charge is 0.251 e. The number of hydrogen-bond donors (Lipinski definition) is 1. The second-order valence-corrected chi connectivity index (χ2v) is 4.64. The lowest BCUT2D eigenvalue weighted by Crippen LogP contribution is -2.22. The molecule has 1 heterocycles. The van der Waals surface area contributed by atoms with Crippen LogP contribution in [0.4, 0.5) is 5.69 Å². The zero-order valence-electron chi connectivity index (χ0n) is 11.4. The Balaban J connectivity index is 2.01. The van der Waals surface area contributed by atoms with Crippen molar-refractivity contribution in [3.05, 3.63) is 53.5 Å². The number of hydrogen-bond acceptors (Lipinski definition) is 3. The second-order valence-electron chi connectivity index (χ2n) is 4.64. The minimum absolute atomic E-state index is 0.0993. The van der Waals surface area contributed by atoms with E-state index in [-0.39, 0.29) is 5.91 Å². The van der Waals surface area contributed by atoms with Gasteiger partial charge in [0, 0.05) is 25.3 Å². The fourth-order valence-corrected chi connectivity index (χ4v) is 1.77.